The van der Waals surface area contributed by atoms with Gasteiger partial charge in [0.25, 0.3) is 0 Å². The normalized spacial score (nSPS) is 23.7. The quantitative estimate of drug-likeness (QED) is 0.776. The van der Waals surface area contributed by atoms with Crippen LogP contribution in [0.3, 0.4) is 0 Å². The second-order valence-electron chi connectivity index (χ2n) is 4.36. The monoisotopic (exact) mass is 253 g/mol. The molecule has 0 amide bonds. The summed E-state index contributed by atoms with van der Waals surface area (Å²) in [6.45, 7) is 2.84. The highest BCUT2D eigenvalue weighted by atomic mass is 35.5. The molecule has 3 nitrogen and oxygen atoms in total. The summed E-state index contributed by atoms with van der Waals surface area (Å²) in [5.41, 5.74) is 1.53. The van der Waals surface area contributed by atoms with E-state index in [1.807, 2.05) is 13.1 Å². The molecular formula is C13H16ClNO2. The van der Waals surface area contributed by atoms with E-state index in [1.54, 1.807) is 12.1 Å². The number of benzene rings is 1. The Labute approximate surface area is 106 Å². The van der Waals surface area contributed by atoms with E-state index in [0.29, 0.717) is 16.6 Å². The van der Waals surface area contributed by atoms with Crippen LogP contribution in [-0.4, -0.2) is 32.1 Å². The molecule has 1 aromatic carbocycles. The van der Waals surface area contributed by atoms with Gasteiger partial charge in [0.15, 0.2) is 6.29 Å². The lowest BCUT2D eigenvalue weighted by atomic mass is 10.1. The van der Waals surface area contributed by atoms with Crippen molar-refractivity contribution in [3.63, 3.8) is 0 Å². The molecule has 0 N–H and O–H groups in total. The standard InChI is InChI=1S/C13H16ClNO2/c1-9-12(5-6-17-9)15(2)13-4-3-11(14)7-10(13)8-16/h3-4,7-9,12H,5-6H2,1-2H3. The van der Waals surface area contributed by atoms with Crippen LogP contribution in [0.4, 0.5) is 5.69 Å². The number of ether oxygens (including phenoxy) is 1. The number of carbonyl (C=O) groups is 1. The molecule has 2 atom stereocenters. The summed E-state index contributed by atoms with van der Waals surface area (Å²) in [4.78, 5) is 13.2. The summed E-state index contributed by atoms with van der Waals surface area (Å²) in [5, 5.41) is 0.583. The van der Waals surface area contributed by atoms with E-state index in [9.17, 15) is 4.79 Å². The van der Waals surface area contributed by atoms with Gasteiger partial charge in [-0.1, -0.05) is 11.6 Å². The molecule has 4 heteroatoms. The predicted octanol–water partition coefficient (Wildman–Crippen LogP) is 2.77. The fraction of sp³-hybridized carbons (Fsp3) is 0.462. The SMILES string of the molecule is CC1OCCC1N(C)c1ccc(Cl)cc1C=O. The van der Waals surface area contributed by atoms with Gasteiger partial charge in [-0.3, -0.25) is 4.79 Å². The molecule has 1 saturated heterocycles. The maximum atomic E-state index is 11.1. The zero-order valence-corrected chi connectivity index (χ0v) is 10.8. The van der Waals surface area contributed by atoms with Crippen LogP contribution in [0.1, 0.15) is 23.7 Å². The van der Waals surface area contributed by atoms with Crippen LogP contribution in [-0.2, 0) is 4.74 Å². The lowest BCUT2D eigenvalue weighted by molar-refractivity contribution is 0.112. The summed E-state index contributed by atoms with van der Waals surface area (Å²) in [7, 11) is 1.99. The van der Waals surface area contributed by atoms with Crippen LogP contribution in [0.15, 0.2) is 18.2 Å². The largest absolute Gasteiger partial charge is 0.376 e. The van der Waals surface area contributed by atoms with E-state index in [-0.39, 0.29) is 6.10 Å². The number of halogens is 1. The number of aldehydes is 1. The fourth-order valence-corrected chi connectivity index (χ4v) is 2.53. The molecule has 0 aromatic heterocycles. The average Bonchev–Trinajstić information content (AvgIpc) is 2.74. The third-order valence-corrected chi connectivity index (χ3v) is 3.57. The maximum Gasteiger partial charge on any atom is 0.152 e. The Bertz CT molecular complexity index is 422. The number of likely N-dealkylation sites (N-methyl/N-ethyl adjacent to an activating group) is 1. The molecule has 1 fully saturated rings. The summed E-state index contributed by atoms with van der Waals surface area (Å²) in [6.07, 6.45) is 2.02. The van der Waals surface area contributed by atoms with Gasteiger partial charge in [-0.15, -0.1) is 0 Å². The molecular weight excluding hydrogens is 238 g/mol. The van der Waals surface area contributed by atoms with Crippen LogP contribution in [0, 0.1) is 0 Å². The minimum atomic E-state index is 0.190. The zero-order valence-electron chi connectivity index (χ0n) is 10.0. The highest BCUT2D eigenvalue weighted by Crippen LogP contribution is 2.28. The molecule has 92 valence electrons. The lowest BCUT2D eigenvalue weighted by Gasteiger charge is -2.29. The number of hydrogen-bond donors (Lipinski definition) is 0. The first-order chi connectivity index (χ1) is 8.13. The number of hydrogen-bond acceptors (Lipinski definition) is 3. The summed E-state index contributed by atoms with van der Waals surface area (Å²) < 4.78 is 5.55. The van der Waals surface area contributed by atoms with E-state index >= 15 is 0 Å². The smallest absolute Gasteiger partial charge is 0.152 e. The molecule has 0 radical (unpaired) electrons. The topological polar surface area (TPSA) is 29.5 Å². The van der Waals surface area contributed by atoms with Crippen molar-refractivity contribution < 1.29 is 9.53 Å². The predicted molar refractivity (Wildman–Crippen MR) is 69.1 cm³/mol. The molecule has 1 aliphatic rings. The van der Waals surface area contributed by atoms with E-state index in [2.05, 4.69) is 11.8 Å². The van der Waals surface area contributed by atoms with Crippen molar-refractivity contribution in [3.05, 3.63) is 28.8 Å². The number of carbonyl (C=O) groups excluding carboxylic acids is 1. The molecule has 0 bridgehead atoms. The van der Waals surface area contributed by atoms with Gasteiger partial charge in [0, 0.05) is 29.9 Å². The van der Waals surface area contributed by atoms with Gasteiger partial charge in [0.1, 0.15) is 0 Å². The second-order valence-corrected chi connectivity index (χ2v) is 4.80. The van der Waals surface area contributed by atoms with Gasteiger partial charge in [0.05, 0.1) is 12.1 Å². The van der Waals surface area contributed by atoms with Gasteiger partial charge >= 0.3 is 0 Å². The fourth-order valence-electron chi connectivity index (χ4n) is 2.35. The number of anilines is 1. The van der Waals surface area contributed by atoms with Crippen LogP contribution in [0.5, 0.6) is 0 Å². The molecule has 17 heavy (non-hydrogen) atoms. The molecule has 1 aromatic rings. The van der Waals surface area contributed by atoms with Crippen molar-refractivity contribution in [2.45, 2.75) is 25.5 Å². The number of nitrogens with zero attached hydrogens (tertiary/aromatic N) is 1. The Balaban J connectivity index is 2.29. The van der Waals surface area contributed by atoms with E-state index in [1.165, 1.54) is 0 Å². The molecule has 2 unspecified atom stereocenters. The third kappa shape index (κ3) is 2.45. The highest BCUT2D eigenvalue weighted by molar-refractivity contribution is 6.31. The van der Waals surface area contributed by atoms with Crippen molar-refractivity contribution in [3.8, 4) is 0 Å². The first-order valence-corrected chi connectivity index (χ1v) is 6.10. The van der Waals surface area contributed by atoms with Crippen LogP contribution in [0.2, 0.25) is 5.02 Å². The van der Waals surface area contributed by atoms with Crippen molar-refractivity contribution in [1.82, 2.24) is 0 Å². The molecule has 0 saturated carbocycles. The van der Waals surface area contributed by atoms with Crippen molar-refractivity contribution in [2.75, 3.05) is 18.6 Å². The lowest BCUT2D eigenvalue weighted by Crippen LogP contribution is -2.37. The van der Waals surface area contributed by atoms with E-state index in [4.69, 9.17) is 16.3 Å². The Kier molecular flexibility index (Phi) is 3.69. The maximum absolute atomic E-state index is 11.1. The van der Waals surface area contributed by atoms with Gasteiger partial charge in [0.2, 0.25) is 0 Å². The minimum Gasteiger partial charge on any atom is -0.376 e. The second kappa shape index (κ2) is 5.07. The van der Waals surface area contributed by atoms with Crippen LogP contribution >= 0.6 is 11.6 Å². The molecule has 1 heterocycles. The van der Waals surface area contributed by atoms with Crippen LogP contribution in [0.25, 0.3) is 0 Å². The van der Waals surface area contributed by atoms with Gasteiger partial charge in [-0.2, -0.15) is 0 Å². The Morgan fingerprint density at radius 3 is 2.88 bits per heavy atom. The van der Waals surface area contributed by atoms with Gasteiger partial charge in [-0.05, 0) is 31.5 Å². The Morgan fingerprint density at radius 2 is 2.29 bits per heavy atom. The first kappa shape index (κ1) is 12.4. The van der Waals surface area contributed by atoms with Gasteiger partial charge in [-0.25, -0.2) is 0 Å². The summed E-state index contributed by atoms with van der Waals surface area (Å²) >= 11 is 5.89. The Morgan fingerprint density at radius 1 is 1.53 bits per heavy atom. The molecule has 1 aliphatic heterocycles. The molecule has 0 aliphatic carbocycles. The van der Waals surface area contributed by atoms with Crippen molar-refractivity contribution >= 4 is 23.6 Å². The average molecular weight is 254 g/mol. The van der Waals surface area contributed by atoms with E-state index < -0.39 is 0 Å². The van der Waals surface area contributed by atoms with Crippen LogP contribution < -0.4 is 4.90 Å². The summed E-state index contributed by atoms with van der Waals surface area (Å²) in [6, 6.07) is 5.70. The molecule has 0 spiro atoms. The first-order valence-electron chi connectivity index (χ1n) is 5.72. The third-order valence-electron chi connectivity index (χ3n) is 3.33. The minimum absolute atomic E-state index is 0.190. The Hall–Kier alpha value is -1.06. The highest BCUT2D eigenvalue weighted by Gasteiger charge is 2.28. The summed E-state index contributed by atoms with van der Waals surface area (Å²) in [5.74, 6) is 0. The van der Waals surface area contributed by atoms with E-state index in [0.717, 1.165) is 25.0 Å². The molecule has 2 rings (SSSR count). The number of rotatable bonds is 3. The zero-order chi connectivity index (χ0) is 12.4. The van der Waals surface area contributed by atoms with Crippen molar-refractivity contribution in [2.24, 2.45) is 0 Å². The van der Waals surface area contributed by atoms with Crippen molar-refractivity contribution in [1.29, 1.82) is 0 Å². The van der Waals surface area contributed by atoms with Gasteiger partial charge < -0.3 is 9.64 Å².